The van der Waals surface area contributed by atoms with Crippen molar-refractivity contribution >= 4 is 12.9 Å². The lowest BCUT2D eigenvalue weighted by atomic mass is 10.0. The Hall–Kier alpha value is -1.66. The fraction of sp³-hybridized carbons (Fsp3) is 0.316. The van der Waals surface area contributed by atoms with Crippen LogP contribution in [0.4, 0.5) is 0 Å². The Bertz CT molecular complexity index is 642. The van der Waals surface area contributed by atoms with E-state index >= 15 is 0 Å². The van der Waals surface area contributed by atoms with Gasteiger partial charge in [0.1, 0.15) is 0 Å². The second-order valence-corrected chi connectivity index (χ2v) is 9.30. The molecule has 0 aromatic heterocycles. The van der Waals surface area contributed by atoms with Crippen LogP contribution >= 0.6 is 7.14 Å². The molecule has 0 saturated carbocycles. The van der Waals surface area contributed by atoms with Crippen molar-refractivity contribution in [2.24, 2.45) is 0 Å². The summed E-state index contributed by atoms with van der Waals surface area (Å²) in [5.74, 6) is 0.0663. The van der Waals surface area contributed by atoms with E-state index in [0.717, 1.165) is 5.56 Å². The molecule has 3 heteroatoms. The van der Waals surface area contributed by atoms with Crippen LogP contribution in [0.3, 0.4) is 0 Å². The Balaban J connectivity index is 2.34. The van der Waals surface area contributed by atoms with Crippen LogP contribution in [-0.2, 0) is 4.57 Å². The molecule has 1 atom stereocenters. The van der Waals surface area contributed by atoms with Gasteiger partial charge in [-0.3, -0.25) is 4.79 Å². The second kappa shape index (κ2) is 7.56. The zero-order valence-electron chi connectivity index (χ0n) is 13.2. The van der Waals surface area contributed by atoms with Crippen LogP contribution in [0.2, 0.25) is 0 Å². The average Bonchev–Trinajstić information content (AvgIpc) is 2.60. The van der Waals surface area contributed by atoms with Gasteiger partial charge in [-0.05, 0) is 17.9 Å². The summed E-state index contributed by atoms with van der Waals surface area (Å²) in [6, 6.07) is 19.1. The quantitative estimate of drug-likeness (QED) is 0.506. The fourth-order valence-corrected chi connectivity index (χ4v) is 5.36. The molecule has 0 fully saturated rings. The van der Waals surface area contributed by atoms with E-state index in [9.17, 15) is 9.36 Å². The summed E-state index contributed by atoms with van der Waals surface area (Å²) in [5.41, 5.74) is 1.53. The second-order valence-electron chi connectivity index (χ2n) is 5.50. The van der Waals surface area contributed by atoms with Crippen LogP contribution in [-0.4, -0.2) is 18.1 Å². The number of carbonyl (C=O) groups excluding carboxylic acids is 1. The smallest absolute Gasteiger partial charge is 0.163 e. The van der Waals surface area contributed by atoms with E-state index in [-0.39, 0.29) is 11.4 Å². The summed E-state index contributed by atoms with van der Waals surface area (Å²) in [5, 5.41) is 0. The van der Waals surface area contributed by atoms with Crippen LogP contribution < -0.4 is 0 Å². The van der Waals surface area contributed by atoms with Gasteiger partial charge in [0.05, 0.1) is 7.14 Å². The molecule has 2 aromatic carbocycles. The lowest BCUT2D eigenvalue weighted by Gasteiger charge is -2.26. The van der Waals surface area contributed by atoms with Gasteiger partial charge in [0, 0.05) is 17.6 Å². The number of hydrogen-bond donors (Lipinski definition) is 0. The van der Waals surface area contributed by atoms with Crippen molar-refractivity contribution in [1.29, 1.82) is 0 Å². The molecule has 0 aliphatic rings. The molecule has 0 spiro atoms. The molecule has 2 nitrogen and oxygen atoms in total. The zero-order valence-corrected chi connectivity index (χ0v) is 14.1. The Kier molecular flexibility index (Phi) is 5.74. The summed E-state index contributed by atoms with van der Waals surface area (Å²) >= 11 is 0. The number of ketones is 1. The molecule has 2 rings (SSSR count). The van der Waals surface area contributed by atoms with Crippen LogP contribution in [0.5, 0.6) is 0 Å². The minimum Gasteiger partial charge on any atom is -0.323 e. The van der Waals surface area contributed by atoms with E-state index in [1.54, 1.807) is 0 Å². The highest BCUT2D eigenvalue weighted by molar-refractivity contribution is 7.64. The molecule has 116 valence electrons. The van der Waals surface area contributed by atoms with Gasteiger partial charge in [-0.15, -0.1) is 0 Å². The number of carbonyl (C=O) groups is 1. The van der Waals surface area contributed by atoms with Crippen molar-refractivity contribution in [2.45, 2.75) is 25.9 Å². The molecule has 2 aromatic rings. The van der Waals surface area contributed by atoms with E-state index in [4.69, 9.17) is 0 Å². The van der Waals surface area contributed by atoms with E-state index in [1.165, 1.54) is 0 Å². The highest BCUT2D eigenvalue weighted by atomic mass is 31.2. The van der Waals surface area contributed by atoms with Crippen LogP contribution in [0.25, 0.3) is 0 Å². The Morgan fingerprint density at radius 2 is 1.41 bits per heavy atom. The first-order chi connectivity index (χ1) is 10.6. The summed E-state index contributed by atoms with van der Waals surface area (Å²) in [6.07, 6.45) is 1.57. The molecule has 0 radical (unpaired) electrons. The van der Waals surface area contributed by atoms with Crippen molar-refractivity contribution in [2.75, 3.05) is 12.3 Å². The Morgan fingerprint density at radius 3 is 1.91 bits per heavy atom. The highest BCUT2D eigenvalue weighted by Gasteiger charge is 2.32. The summed E-state index contributed by atoms with van der Waals surface area (Å²) < 4.78 is 13.3. The molecule has 22 heavy (non-hydrogen) atoms. The largest absolute Gasteiger partial charge is 0.323 e. The van der Waals surface area contributed by atoms with Gasteiger partial charge in [-0.2, -0.15) is 0 Å². The molecule has 0 aliphatic carbocycles. The molecule has 0 heterocycles. The maximum Gasteiger partial charge on any atom is 0.163 e. The number of rotatable bonds is 7. The molecular weight excluding hydrogens is 291 g/mol. The fourth-order valence-electron chi connectivity index (χ4n) is 2.81. The molecule has 0 aliphatic heterocycles. The van der Waals surface area contributed by atoms with Gasteiger partial charge in [0.15, 0.2) is 5.78 Å². The zero-order chi connectivity index (χ0) is 16.0. The van der Waals surface area contributed by atoms with Gasteiger partial charge in [0.25, 0.3) is 0 Å². The van der Waals surface area contributed by atoms with Crippen LogP contribution in [0.1, 0.15) is 41.8 Å². The maximum absolute atomic E-state index is 13.3. The summed E-state index contributed by atoms with van der Waals surface area (Å²) in [4.78, 5) is 12.6. The van der Waals surface area contributed by atoms with E-state index in [1.807, 2.05) is 74.5 Å². The third kappa shape index (κ3) is 3.75. The van der Waals surface area contributed by atoms with E-state index < -0.39 is 7.14 Å². The van der Waals surface area contributed by atoms with Gasteiger partial charge < -0.3 is 4.57 Å². The maximum atomic E-state index is 13.3. The lowest BCUT2D eigenvalue weighted by Crippen LogP contribution is -2.11. The Morgan fingerprint density at radius 1 is 0.909 bits per heavy atom. The molecular formula is C19H23O2P. The van der Waals surface area contributed by atoms with Crippen molar-refractivity contribution < 1.29 is 9.36 Å². The van der Waals surface area contributed by atoms with Crippen molar-refractivity contribution in [3.63, 3.8) is 0 Å². The first-order valence-corrected chi connectivity index (χ1v) is 9.96. The molecule has 0 amide bonds. The van der Waals surface area contributed by atoms with Gasteiger partial charge in [-0.25, -0.2) is 0 Å². The van der Waals surface area contributed by atoms with Crippen molar-refractivity contribution in [3.05, 3.63) is 71.8 Å². The lowest BCUT2D eigenvalue weighted by molar-refractivity contribution is 0.0980. The SMILES string of the molecule is CCP(=O)(CC)[C@@H](CC(=O)c1ccccc1)c1ccccc1. The molecule has 0 bridgehead atoms. The first-order valence-electron chi connectivity index (χ1n) is 7.81. The van der Waals surface area contributed by atoms with Crippen LogP contribution in [0, 0.1) is 0 Å². The molecule has 0 unspecified atom stereocenters. The van der Waals surface area contributed by atoms with Gasteiger partial charge in [-0.1, -0.05) is 74.5 Å². The Labute approximate surface area is 132 Å². The summed E-state index contributed by atoms with van der Waals surface area (Å²) in [6.45, 7) is 3.93. The topological polar surface area (TPSA) is 34.1 Å². The van der Waals surface area contributed by atoms with Crippen LogP contribution in [0.15, 0.2) is 60.7 Å². The molecule has 0 N–H and O–H groups in total. The first kappa shape index (κ1) is 16.7. The minimum atomic E-state index is -2.41. The predicted octanol–water partition coefficient (Wildman–Crippen LogP) is 5.40. The van der Waals surface area contributed by atoms with E-state index in [0.29, 0.717) is 24.3 Å². The highest BCUT2D eigenvalue weighted by Crippen LogP contribution is 2.60. The third-order valence-electron chi connectivity index (χ3n) is 4.30. The number of Topliss-reactive ketones (excluding diaryl/α,β-unsaturated/α-hetero) is 1. The summed E-state index contributed by atoms with van der Waals surface area (Å²) in [7, 11) is -2.41. The minimum absolute atomic E-state index is 0.0663. The predicted molar refractivity (Wildman–Crippen MR) is 93.3 cm³/mol. The van der Waals surface area contributed by atoms with Crippen molar-refractivity contribution in [1.82, 2.24) is 0 Å². The van der Waals surface area contributed by atoms with E-state index in [2.05, 4.69) is 0 Å². The standard InChI is InChI=1S/C19H23O2P/c1-3-22(21,4-2)19(17-13-9-6-10-14-17)15-18(20)16-11-7-5-8-12-16/h5-14,19H,3-4,15H2,1-2H3/t19-/m0/s1. The molecule has 0 saturated heterocycles. The number of hydrogen-bond acceptors (Lipinski definition) is 2. The van der Waals surface area contributed by atoms with Crippen molar-refractivity contribution in [3.8, 4) is 0 Å². The van der Waals surface area contributed by atoms with Gasteiger partial charge >= 0.3 is 0 Å². The third-order valence-corrected chi connectivity index (χ3v) is 8.06. The monoisotopic (exact) mass is 314 g/mol. The average molecular weight is 314 g/mol. The van der Waals surface area contributed by atoms with Gasteiger partial charge in [0.2, 0.25) is 0 Å². The normalized spacial score (nSPS) is 12.8. The number of benzene rings is 2.